The van der Waals surface area contributed by atoms with Crippen LogP contribution in [-0.4, -0.2) is 14.9 Å². The van der Waals surface area contributed by atoms with Gasteiger partial charge in [0.1, 0.15) is 0 Å². The summed E-state index contributed by atoms with van der Waals surface area (Å²) in [5, 5.41) is 2.93. The van der Waals surface area contributed by atoms with Gasteiger partial charge in [-0.25, -0.2) is 0 Å². The predicted octanol–water partition coefficient (Wildman–Crippen LogP) is 6.56. The molecule has 0 saturated heterocycles. The monoisotopic (exact) mass is 378 g/mol. The SMILES string of the molecule is CC(C)(C)[Si](C)(C)OCCCc1cccc2cccc(Br)c12. The Morgan fingerprint density at radius 2 is 1.68 bits per heavy atom. The maximum absolute atomic E-state index is 6.29. The van der Waals surface area contributed by atoms with Crippen molar-refractivity contribution in [3.05, 3.63) is 46.4 Å². The van der Waals surface area contributed by atoms with E-state index in [0.29, 0.717) is 0 Å². The third kappa shape index (κ3) is 4.00. The summed E-state index contributed by atoms with van der Waals surface area (Å²) in [4.78, 5) is 0. The molecule has 0 fully saturated rings. The zero-order valence-electron chi connectivity index (χ0n) is 14.4. The largest absolute Gasteiger partial charge is 0.417 e. The van der Waals surface area contributed by atoms with Crippen LogP contribution in [0, 0.1) is 0 Å². The second-order valence-corrected chi connectivity index (χ2v) is 13.1. The molecule has 0 saturated carbocycles. The average molecular weight is 379 g/mol. The lowest BCUT2D eigenvalue weighted by Crippen LogP contribution is -2.41. The van der Waals surface area contributed by atoms with Crippen LogP contribution in [0.15, 0.2) is 40.9 Å². The number of fused-ring (bicyclic) bond motifs is 1. The summed E-state index contributed by atoms with van der Waals surface area (Å²) in [7, 11) is -1.62. The average Bonchev–Trinajstić information content (AvgIpc) is 2.42. The molecule has 2 aromatic carbocycles. The zero-order valence-corrected chi connectivity index (χ0v) is 17.0. The van der Waals surface area contributed by atoms with Crippen LogP contribution in [0.1, 0.15) is 32.8 Å². The van der Waals surface area contributed by atoms with Crippen LogP contribution >= 0.6 is 15.9 Å². The highest BCUT2D eigenvalue weighted by Crippen LogP contribution is 2.36. The first-order valence-corrected chi connectivity index (χ1v) is 11.7. The highest BCUT2D eigenvalue weighted by Gasteiger charge is 2.36. The minimum atomic E-state index is -1.62. The number of halogens is 1. The fourth-order valence-corrected chi connectivity index (χ4v) is 4.11. The van der Waals surface area contributed by atoms with Crippen LogP contribution in [0.25, 0.3) is 10.8 Å². The van der Waals surface area contributed by atoms with Crippen molar-refractivity contribution in [1.82, 2.24) is 0 Å². The molecule has 3 heteroatoms. The number of rotatable bonds is 5. The van der Waals surface area contributed by atoms with E-state index >= 15 is 0 Å². The van der Waals surface area contributed by atoms with Gasteiger partial charge in [0, 0.05) is 11.1 Å². The van der Waals surface area contributed by atoms with E-state index < -0.39 is 8.32 Å². The van der Waals surface area contributed by atoms with Crippen LogP contribution in [0.2, 0.25) is 18.1 Å². The summed E-state index contributed by atoms with van der Waals surface area (Å²) in [6.07, 6.45) is 2.14. The van der Waals surface area contributed by atoms with Crippen molar-refractivity contribution in [2.75, 3.05) is 6.61 Å². The maximum Gasteiger partial charge on any atom is 0.191 e. The molecule has 22 heavy (non-hydrogen) atoms. The van der Waals surface area contributed by atoms with E-state index in [1.807, 2.05) is 0 Å². The zero-order chi connectivity index (χ0) is 16.4. The van der Waals surface area contributed by atoms with Gasteiger partial charge in [-0.1, -0.05) is 67.0 Å². The van der Waals surface area contributed by atoms with Crippen LogP contribution in [0.4, 0.5) is 0 Å². The molecule has 0 aliphatic rings. The van der Waals surface area contributed by atoms with Gasteiger partial charge in [-0.05, 0) is 53.4 Å². The van der Waals surface area contributed by atoms with Gasteiger partial charge in [-0.2, -0.15) is 0 Å². The van der Waals surface area contributed by atoms with Crippen LogP contribution in [0.3, 0.4) is 0 Å². The summed E-state index contributed by atoms with van der Waals surface area (Å²) >= 11 is 3.69. The van der Waals surface area contributed by atoms with Crippen LogP contribution in [-0.2, 0) is 10.8 Å². The van der Waals surface area contributed by atoms with Crippen molar-refractivity contribution in [3.8, 4) is 0 Å². The highest BCUT2D eigenvalue weighted by atomic mass is 79.9. The normalized spacial score (nSPS) is 12.8. The lowest BCUT2D eigenvalue weighted by molar-refractivity contribution is 0.282. The van der Waals surface area contributed by atoms with Gasteiger partial charge < -0.3 is 4.43 Å². The van der Waals surface area contributed by atoms with Gasteiger partial charge >= 0.3 is 0 Å². The van der Waals surface area contributed by atoms with Crippen molar-refractivity contribution < 1.29 is 4.43 Å². The van der Waals surface area contributed by atoms with Gasteiger partial charge in [-0.15, -0.1) is 0 Å². The molecule has 120 valence electrons. The van der Waals surface area contributed by atoms with Gasteiger partial charge in [0.05, 0.1) is 0 Å². The first-order valence-electron chi connectivity index (χ1n) is 8.02. The summed E-state index contributed by atoms with van der Waals surface area (Å²) in [5.41, 5.74) is 1.41. The molecule has 0 unspecified atom stereocenters. The second kappa shape index (κ2) is 6.86. The molecular weight excluding hydrogens is 352 g/mol. The molecule has 0 aliphatic carbocycles. The van der Waals surface area contributed by atoms with Crippen molar-refractivity contribution in [2.24, 2.45) is 0 Å². The molecule has 1 nitrogen and oxygen atoms in total. The molecule has 0 radical (unpaired) electrons. The van der Waals surface area contributed by atoms with E-state index in [1.165, 1.54) is 20.8 Å². The van der Waals surface area contributed by atoms with Gasteiger partial charge in [0.25, 0.3) is 0 Å². The summed E-state index contributed by atoms with van der Waals surface area (Å²) < 4.78 is 7.47. The Kier molecular flexibility index (Phi) is 5.52. The smallest absolute Gasteiger partial charge is 0.191 e. The standard InChI is InChI=1S/C19H27BrOSi/c1-19(2,3)22(4,5)21-14-8-12-16-10-6-9-15-11-7-13-17(20)18(15)16/h6-7,9-11,13H,8,12,14H2,1-5H3. The third-order valence-corrected chi connectivity index (χ3v) is 10.00. The van der Waals surface area contributed by atoms with Crippen LogP contribution < -0.4 is 0 Å². The van der Waals surface area contributed by atoms with E-state index in [1.54, 1.807) is 0 Å². The number of hydrogen-bond donors (Lipinski definition) is 0. The summed E-state index contributed by atoms with van der Waals surface area (Å²) in [6.45, 7) is 12.4. The maximum atomic E-state index is 6.29. The van der Waals surface area contributed by atoms with E-state index in [-0.39, 0.29) is 5.04 Å². The molecule has 0 aromatic heterocycles. The molecule has 0 amide bonds. The van der Waals surface area contributed by atoms with Crippen molar-refractivity contribution >= 4 is 35.0 Å². The quantitative estimate of drug-likeness (QED) is 0.422. The van der Waals surface area contributed by atoms with Crippen molar-refractivity contribution in [3.63, 3.8) is 0 Å². The molecule has 2 rings (SSSR count). The molecular formula is C19H27BrOSi. The third-order valence-electron chi connectivity index (χ3n) is 4.80. The number of benzene rings is 2. The predicted molar refractivity (Wildman–Crippen MR) is 103 cm³/mol. The Morgan fingerprint density at radius 1 is 1.05 bits per heavy atom. The van der Waals surface area contributed by atoms with E-state index in [4.69, 9.17) is 4.43 Å². The molecule has 0 atom stereocenters. The summed E-state index contributed by atoms with van der Waals surface area (Å²) in [6, 6.07) is 13.0. The Morgan fingerprint density at radius 3 is 2.32 bits per heavy atom. The van der Waals surface area contributed by atoms with Crippen molar-refractivity contribution in [1.29, 1.82) is 0 Å². The first-order chi connectivity index (χ1) is 10.2. The molecule has 0 spiro atoms. The summed E-state index contributed by atoms with van der Waals surface area (Å²) in [5.74, 6) is 0. The Hall–Kier alpha value is -0.643. The van der Waals surface area contributed by atoms with E-state index in [2.05, 4.69) is 86.2 Å². The molecule has 0 heterocycles. The fourth-order valence-electron chi connectivity index (χ4n) is 2.38. The minimum absolute atomic E-state index is 0.287. The molecule has 0 aliphatic heterocycles. The molecule has 0 N–H and O–H groups in total. The molecule has 2 aromatic rings. The van der Waals surface area contributed by atoms with E-state index in [0.717, 1.165) is 19.4 Å². The lowest BCUT2D eigenvalue weighted by Gasteiger charge is -2.36. The Bertz CT molecular complexity index is 638. The second-order valence-electron chi connectivity index (χ2n) is 7.47. The molecule has 0 bridgehead atoms. The minimum Gasteiger partial charge on any atom is -0.417 e. The van der Waals surface area contributed by atoms with E-state index in [9.17, 15) is 0 Å². The van der Waals surface area contributed by atoms with Crippen molar-refractivity contribution in [2.45, 2.75) is 51.7 Å². The topological polar surface area (TPSA) is 9.23 Å². The van der Waals surface area contributed by atoms with Crippen LogP contribution in [0.5, 0.6) is 0 Å². The van der Waals surface area contributed by atoms with Gasteiger partial charge in [0.2, 0.25) is 0 Å². The van der Waals surface area contributed by atoms with Gasteiger partial charge in [-0.3, -0.25) is 0 Å². The first kappa shape index (κ1) is 17.7. The fraction of sp³-hybridized carbons (Fsp3) is 0.474. The lowest BCUT2D eigenvalue weighted by atomic mass is 10.0. The number of aryl methyl sites for hydroxylation is 1. The Labute approximate surface area is 144 Å². The van der Waals surface area contributed by atoms with Gasteiger partial charge in [0.15, 0.2) is 8.32 Å². The highest BCUT2D eigenvalue weighted by molar-refractivity contribution is 9.10. The number of hydrogen-bond acceptors (Lipinski definition) is 1. The Balaban J connectivity index is 2.02.